The summed E-state index contributed by atoms with van der Waals surface area (Å²) in [6.45, 7) is 1.87. The van der Waals surface area contributed by atoms with Gasteiger partial charge in [0.1, 0.15) is 17.5 Å². The van der Waals surface area contributed by atoms with Crippen LogP contribution in [0.3, 0.4) is 0 Å². The highest BCUT2D eigenvalue weighted by molar-refractivity contribution is 6.30. The van der Waals surface area contributed by atoms with Crippen LogP contribution in [0.2, 0.25) is 5.15 Å². The lowest BCUT2D eigenvalue weighted by molar-refractivity contribution is 0.101. The van der Waals surface area contributed by atoms with Crippen molar-refractivity contribution in [2.45, 2.75) is 13.5 Å². The summed E-state index contributed by atoms with van der Waals surface area (Å²) in [5.41, 5.74) is 2.36. The number of ether oxygens (including phenoxy) is 1. The average Bonchev–Trinajstić information content (AvgIpc) is 2.53. The van der Waals surface area contributed by atoms with Gasteiger partial charge in [-0.25, -0.2) is 4.98 Å². The molecule has 3 rings (SSSR count). The van der Waals surface area contributed by atoms with Gasteiger partial charge in [0.2, 0.25) is 0 Å². The summed E-state index contributed by atoms with van der Waals surface area (Å²) < 4.78 is 5.72. The van der Waals surface area contributed by atoms with Gasteiger partial charge in [-0.1, -0.05) is 29.8 Å². The number of fused-ring (bicyclic) bond motifs is 1. The zero-order valence-corrected chi connectivity index (χ0v) is 12.8. The van der Waals surface area contributed by atoms with Crippen molar-refractivity contribution in [3.8, 4) is 5.75 Å². The first-order valence-electron chi connectivity index (χ1n) is 6.91. The van der Waals surface area contributed by atoms with Gasteiger partial charge in [-0.2, -0.15) is 0 Å². The summed E-state index contributed by atoms with van der Waals surface area (Å²) in [5, 5.41) is 1.47. The van der Waals surface area contributed by atoms with E-state index < -0.39 is 0 Å². The van der Waals surface area contributed by atoms with Gasteiger partial charge < -0.3 is 4.74 Å². The van der Waals surface area contributed by atoms with Crippen LogP contribution in [0.25, 0.3) is 10.9 Å². The second kappa shape index (κ2) is 6.16. The SMILES string of the molecule is CC(=O)c1ccc(OCc2cc3ccccc3nc2Cl)cc1. The van der Waals surface area contributed by atoms with Crippen LogP contribution in [0.1, 0.15) is 22.8 Å². The van der Waals surface area contributed by atoms with Gasteiger partial charge in [0.25, 0.3) is 0 Å². The Hall–Kier alpha value is -2.39. The Labute approximate surface area is 133 Å². The zero-order valence-electron chi connectivity index (χ0n) is 12.0. The van der Waals surface area contributed by atoms with Crippen molar-refractivity contribution < 1.29 is 9.53 Å². The van der Waals surface area contributed by atoms with E-state index in [1.807, 2.05) is 30.3 Å². The molecule has 0 unspecified atom stereocenters. The molecular formula is C18H14ClNO2. The molecule has 0 atom stereocenters. The highest BCUT2D eigenvalue weighted by Crippen LogP contribution is 2.22. The molecule has 110 valence electrons. The molecule has 1 aromatic heterocycles. The predicted octanol–water partition coefficient (Wildman–Crippen LogP) is 4.67. The number of carbonyl (C=O) groups is 1. The molecule has 0 spiro atoms. The van der Waals surface area contributed by atoms with Crippen molar-refractivity contribution in [1.29, 1.82) is 0 Å². The summed E-state index contributed by atoms with van der Waals surface area (Å²) in [6.07, 6.45) is 0. The van der Waals surface area contributed by atoms with E-state index in [1.54, 1.807) is 24.3 Å². The first-order chi connectivity index (χ1) is 10.6. The number of hydrogen-bond donors (Lipinski definition) is 0. The maximum atomic E-state index is 11.2. The summed E-state index contributed by atoms with van der Waals surface area (Å²) >= 11 is 6.20. The van der Waals surface area contributed by atoms with E-state index in [0.717, 1.165) is 16.5 Å². The Bertz CT molecular complexity index is 828. The van der Waals surface area contributed by atoms with E-state index in [2.05, 4.69) is 4.98 Å². The number of halogens is 1. The van der Waals surface area contributed by atoms with Gasteiger partial charge in [0, 0.05) is 16.5 Å². The molecule has 0 saturated heterocycles. The Balaban J connectivity index is 1.78. The molecule has 4 heteroatoms. The number of hydrogen-bond acceptors (Lipinski definition) is 3. The number of rotatable bonds is 4. The van der Waals surface area contributed by atoms with Crippen LogP contribution in [-0.2, 0) is 6.61 Å². The molecule has 0 saturated carbocycles. The Morgan fingerprint density at radius 3 is 2.59 bits per heavy atom. The second-order valence-corrected chi connectivity index (χ2v) is 5.36. The number of Topliss-reactive ketones (excluding diaryl/α,β-unsaturated/α-hetero) is 1. The highest BCUT2D eigenvalue weighted by atomic mass is 35.5. The molecule has 0 amide bonds. The maximum absolute atomic E-state index is 11.2. The quantitative estimate of drug-likeness (QED) is 0.519. The summed E-state index contributed by atoms with van der Waals surface area (Å²) in [6, 6.07) is 16.8. The summed E-state index contributed by atoms with van der Waals surface area (Å²) in [7, 11) is 0. The maximum Gasteiger partial charge on any atom is 0.159 e. The minimum Gasteiger partial charge on any atom is -0.489 e. The molecule has 0 bridgehead atoms. The number of pyridine rings is 1. The van der Waals surface area contributed by atoms with Gasteiger partial charge in [-0.3, -0.25) is 4.79 Å². The van der Waals surface area contributed by atoms with Crippen molar-refractivity contribution in [3.05, 3.63) is 70.9 Å². The average molecular weight is 312 g/mol. The molecular weight excluding hydrogens is 298 g/mol. The molecule has 0 aliphatic rings. The number of nitrogens with zero attached hydrogens (tertiary/aromatic N) is 1. The second-order valence-electron chi connectivity index (χ2n) is 5.00. The number of ketones is 1. The number of para-hydroxylation sites is 1. The molecule has 0 fully saturated rings. The lowest BCUT2D eigenvalue weighted by Gasteiger charge is -2.09. The zero-order chi connectivity index (χ0) is 15.5. The smallest absolute Gasteiger partial charge is 0.159 e. The van der Waals surface area contributed by atoms with E-state index >= 15 is 0 Å². The van der Waals surface area contributed by atoms with E-state index in [9.17, 15) is 4.79 Å². The third-order valence-corrected chi connectivity index (χ3v) is 3.73. The lowest BCUT2D eigenvalue weighted by atomic mass is 10.1. The Kier molecular flexibility index (Phi) is 4.07. The monoisotopic (exact) mass is 311 g/mol. The van der Waals surface area contributed by atoms with Gasteiger partial charge in [-0.05, 0) is 43.3 Å². The molecule has 0 radical (unpaired) electrons. The Morgan fingerprint density at radius 2 is 1.86 bits per heavy atom. The van der Waals surface area contributed by atoms with Crippen LogP contribution in [-0.4, -0.2) is 10.8 Å². The standard InChI is InChI=1S/C18H14ClNO2/c1-12(21)13-6-8-16(9-7-13)22-11-15-10-14-4-2-3-5-17(14)20-18(15)19/h2-10H,11H2,1H3. The fourth-order valence-electron chi connectivity index (χ4n) is 2.18. The van der Waals surface area contributed by atoms with Crippen LogP contribution < -0.4 is 4.74 Å². The largest absolute Gasteiger partial charge is 0.489 e. The normalized spacial score (nSPS) is 10.6. The fourth-order valence-corrected chi connectivity index (χ4v) is 2.38. The molecule has 3 aromatic rings. The third kappa shape index (κ3) is 3.10. The van der Waals surface area contributed by atoms with Crippen molar-refractivity contribution in [2.75, 3.05) is 0 Å². The first kappa shape index (κ1) is 14.5. The Morgan fingerprint density at radius 1 is 1.14 bits per heavy atom. The number of benzene rings is 2. The first-order valence-corrected chi connectivity index (χ1v) is 7.29. The van der Waals surface area contributed by atoms with Crippen molar-refractivity contribution >= 4 is 28.3 Å². The van der Waals surface area contributed by atoms with Crippen LogP contribution in [0.15, 0.2) is 54.6 Å². The van der Waals surface area contributed by atoms with E-state index in [0.29, 0.717) is 23.1 Å². The van der Waals surface area contributed by atoms with E-state index in [1.165, 1.54) is 6.92 Å². The molecule has 0 N–H and O–H groups in total. The number of aromatic nitrogens is 1. The molecule has 1 heterocycles. The molecule has 22 heavy (non-hydrogen) atoms. The summed E-state index contributed by atoms with van der Waals surface area (Å²) in [5.74, 6) is 0.725. The molecule has 0 aliphatic carbocycles. The van der Waals surface area contributed by atoms with Crippen molar-refractivity contribution in [3.63, 3.8) is 0 Å². The molecule has 0 aliphatic heterocycles. The predicted molar refractivity (Wildman–Crippen MR) is 87.5 cm³/mol. The van der Waals surface area contributed by atoms with E-state index in [-0.39, 0.29) is 5.78 Å². The highest BCUT2D eigenvalue weighted by Gasteiger charge is 2.06. The van der Waals surface area contributed by atoms with Crippen molar-refractivity contribution in [1.82, 2.24) is 4.98 Å². The van der Waals surface area contributed by atoms with Gasteiger partial charge >= 0.3 is 0 Å². The van der Waals surface area contributed by atoms with Crippen LogP contribution in [0, 0.1) is 0 Å². The molecule has 3 nitrogen and oxygen atoms in total. The van der Waals surface area contributed by atoms with Gasteiger partial charge in [0.05, 0.1) is 5.52 Å². The van der Waals surface area contributed by atoms with Crippen LogP contribution in [0.5, 0.6) is 5.75 Å². The topological polar surface area (TPSA) is 39.2 Å². The van der Waals surface area contributed by atoms with Crippen LogP contribution in [0.4, 0.5) is 0 Å². The third-order valence-electron chi connectivity index (χ3n) is 3.41. The fraction of sp³-hybridized carbons (Fsp3) is 0.111. The lowest BCUT2D eigenvalue weighted by Crippen LogP contribution is -1.99. The minimum atomic E-state index is 0.0355. The van der Waals surface area contributed by atoms with E-state index in [4.69, 9.17) is 16.3 Å². The van der Waals surface area contributed by atoms with Gasteiger partial charge in [-0.15, -0.1) is 0 Å². The molecule has 2 aromatic carbocycles. The van der Waals surface area contributed by atoms with Gasteiger partial charge in [0.15, 0.2) is 5.78 Å². The summed E-state index contributed by atoms with van der Waals surface area (Å²) in [4.78, 5) is 15.6. The van der Waals surface area contributed by atoms with Crippen LogP contribution >= 0.6 is 11.6 Å². The number of carbonyl (C=O) groups excluding carboxylic acids is 1. The minimum absolute atomic E-state index is 0.0355. The van der Waals surface area contributed by atoms with Crippen molar-refractivity contribution in [2.24, 2.45) is 0 Å².